The Morgan fingerprint density at radius 2 is 1.93 bits per heavy atom. The maximum absolute atomic E-state index is 13.6. The van der Waals surface area contributed by atoms with Gasteiger partial charge in [0.2, 0.25) is 5.91 Å². The monoisotopic (exact) mass is 400 g/mol. The van der Waals surface area contributed by atoms with E-state index in [2.05, 4.69) is 5.32 Å². The molecule has 1 fully saturated rings. The molecule has 0 saturated carbocycles. The van der Waals surface area contributed by atoms with E-state index in [1.54, 1.807) is 30.0 Å². The van der Waals surface area contributed by atoms with Gasteiger partial charge in [-0.2, -0.15) is 0 Å². The van der Waals surface area contributed by atoms with Gasteiger partial charge in [-0.05, 0) is 55.2 Å². The van der Waals surface area contributed by atoms with Crippen LogP contribution in [-0.2, 0) is 11.3 Å². The zero-order valence-corrected chi connectivity index (χ0v) is 16.6. The summed E-state index contributed by atoms with van der Waals surface area (Å²) in [5.74, 6) is -0.468. The van der Waals surface area contributed by atoms with Crippen LogP contribution in [0.15, 0.2) is 36.4 Å². The topological polar surface area (TPSA) is 78.9 Å². The molecule has 29 heavy (non-hydrogen) atoms. The summed E-state index contributed by atoms with van der Waals surface area (Å²) in [5, 5.41) is 12.8. The number of halogens is 1. The summed E-state index contributed by atoms with van der Waals surface area (Å²) in [7, 11) is 1.50. The average molecular weight is 400 g/mol. The largest absolute Gasteiger partial charge is 0.507 e. The molecule has 1 aliphatic rings. The number of methoxy groups -OCH3 is 1. The van der Waals surface area contributed by atoms with Gasteiger partial charge in [0.1, 0.15) is 17.3 Å². The highest BCUT2D eigenvalue weighted by Gasteiger charge is 2.29. The Balaban J connectivity index is 1.53. The van der Waals surface area contributed by atoms with Crippen molar-refractivity contribution in [3.63, 3.8) is 0 Å². The zero-order valence-electron chi connectivity index (χ0n) is 16.6. The summed E-state index contributed by atoms with van der Waals surface area (Å²) in [6, 6.07) is 9.44. The molecule has 0 bridgehead atoms. The van der Waals surface area contributed by atoms with E-state index in [-0.39, 0.29) is 41.4 Å². The molecule has 154 valence electrons. The molecule has 2 aromatic rings. The lowest BCUT2D eigenvalue weighted by Gasteiger charge is -2.31. The van der Waals surface area contributed by atoms with Gasteiger partial charge in [-0.15, -0.1) is 0 Å². The normalized spacial score (nSPS) is 14.5. The molecule has 6 nitrogen and oxygen atoms in total. The van der Waals surface area contributed by atoms with E-state index in [0.29, 0.717) is 42.8 Å². The second kappa shape index (κ2) is 8.94. The third kappa shape index (κ3) is 4.85. The number of hydrogen-bond acceptors (Lipinski definition) is 4. The first kappa shape index (κ1) is 20.6. The quantitative estimate of drug-likeness (QED) is 0.809. The molecule has 0 atom stereocenters. The van der Waals surface area contributed by atoms with Gasteiger partial charge in [-0.1, -0.05) is 12.1 Å². The van der Waals surface area contributed by atoms with Crippen molar-refractivity contribution in [2.45, 2.75) is 26.3 Å². The highest BCUT2D eigenvalue weighted by atomic mass is 19.1. The van der Waals surface area contributed by atoms with Crippen LogP contribution in [0.5, 0.6) is 11.5 Å². The van der Waals surface area contributed by atoms with E-state index < -0.39 is 0 Å². The molecule has 0 unspecified atom stereocenters. The van der Waals surface area contributed by atoms with Crippen LogP contribution in [0.3, 0.4) is 0 Å². The molecule has 2 aromatic carbocycles. The van der Waals surface area contributed by atoms with Gasteiger partial charge in [-0.3, -0.25) is 9.59 Å². The fraction of sp³-hybridized carbons (Fsp3) is 0.364. The minimum absolute atomic E-state index is 0.0951. The molecule has 1 aliphatic heterocycles. The van der Waals surface area contributed by atoms with E-state index in [4.69, 9.17) is 4.74 Å². The molecule has 2 N–H and O–H groups in total. The van der Waals surface area contributed by atoms with Crippen molar-refractivity contribution >= 4 is 11.8 Å². The molecular weight excluding hydrogens is 375 g/mol. The summed E-state index contributed by atoms with van der Waals surface area (Å²) >= 11 is 0. The Bertz CT molecular complexity index is 908. The fourth-order valence-corrected chi connectivity index (χ4v) is 3.41. The van der Waals surface area contributed by atoms with Crippen LogP contribution >= 0.6 is 0 Å². The van der Waals surface area contributed by atoms with Gasteiger partial charge < -0.3 is 20.1 Å². The maximum atomic E-state index is 13.6. The smallest absolute Gasteiger partial charge is 0.257 e. The van der Waals surface area contributed by atoms with E-state index in [1.807, 2.05) is 0 Å². The van der Waals surface area contributed by atoms with Crippen molar-refractivity contribution in [2.24, 2.45) is 5.92 Å². The summed E-state index contributed by atoms with van der Waals surface area (Å²) in [5.41, 5.74) is 1.47. The first-order valence-electron chi connectivity index (χ1n) is 9.58. The van der Waals surface area contributed by atoms with Crippen LogP contribution < -0.4 is 10.1 Å². The van der Waals surface area contributed by atoms with Crippen LogP contribution in [-0.4, -0.2) is 42.0 Å². The predicted octanol–water partition coefficient (Wildman–Crippen LogP) is 3.02. The number of ether oxygens (including phenoxy) is 1. The lowest BCUT2D eigenvalue weighted by atomic mass is 9.95. The molecule has 1 saturated heterocycles. The number of phenols is 1. The molecule has 0 aromatic heterocycles. The number of aromatic hydroxyl groups is 1. The zero-order chi connectivity index (χ0) is 21.0. The summed E-state index contributed by atoms with van der Waals surface area (Å²) < 4.78 is 18.7. The van der Waals surface area contributed by atoms with Crippen LogP contribution in [0.4, 0.5) is 4.39 Å². The number of carbonyl (C=O) groups is 2. The minimum Gasteiger partial charge on any atom is -0.507 e. The molecule has 7 heteroatoms. The highest BCUT2D eigenvalue weighted by molar-refractivity contribution is 5.97. The third-order valence-electron chi connectivity index (χ3n) is 5.29. The van der Waals surface area contributed by atoms with Crippen molar-refractivity contribution in [3.05, 3.63) is 58.9 Å². The average Bonchev–Trinajstić information content (AvgIpc) is 2.74. The van der Waals surface area contributed by atoms with Gasteiger partial charge in [-0.25, -0.2) is 4.39 Å². The lowest BCUT2D eigenvalue weighted by molar-refractivity contribution is -0.126. The van der Waals surface area contributed by atoms with Crippen molar-refractivity contribution in [3.8, 4) is 11.5 Å². The van der Waals surface area contributed by atoms with Crippen LogP contribution in [0, 0.1) is 18.7 Å². The van der Waals surface area contributed by atoms with Gasteiger partial charge in [0, 0.05) is 25.6 Å². The molecular formula is C22H25FN2O4. The highest BCUT2D eigenvalue weighted by Crippen LogP contribution is 2.26. The number of hydrogen-bond donors (Lipinski definition) is 2. The van der Waals surface area contributed by atoms with E-state index in [9.17, 15) is 19.1 Å². The molecule has 2 amide bonds. The Hall–Kier alpha value is -3.09. The van der Waals surface area contributed by atoms with E-state index in [0.717, 1.165) is 0 Å². The number of carbonyl (C=O) groups excluding carboxylic acids is 2. The summed E-state index contributed by atoms with van der Waals surface area (Å²) in [6.07, 6.45) is 1.06. The first-order chi connectivity index (χ1) is 13.9. The number of rotatable bonds is 5. The Labute approximate surface area is 169 Å². The summed E-state index contributed by atoms with van der Waals surface area (Å²) in [6.45, 7) is 2.81. The molecule has 1 heterocycles. The number of nitrogens with one attached hydrogen (secondary N) is 1. The first-order valence-corrected chi connectivity index (χ1v) is 9.58. The van der Waals surface area contributed by atoms with Crippen molar-refractivity contribution in [1.82, 2.24) is 10.2 Å². The van der Waals surface area contributed by atoms with Crippen LogP contribution in [0.25, 0.3) is 0 Å². The number of likely N-dealkylation sites (tertiary alicyclic amines) is 1. The number of nitrogens with zero attached hydrogens (tertiary/aromatic N) is 1. The molecule has 3 rings (SSSR count). The minimum atomic E-state index is -0.288. The molecule has 0 spiro atoms. The molecule has 0 radical (unpaired) electrons. The van der Waals surface area contributed by atoms with Crippen molar-refractivity contribution in [1.29, 1.82) is 0 Å². The van der Waals surface area contributed by atoms with E-state index >= 15 is 0 Å². The predicted molar refractivity (Wildman–Crippen MR) is 106 cm³/mol. The SMILES string of the molecule is COc1ccc(O)c(C(=O)N2CCC(C(=O)NCc3ccc(C)c(F)c3)CC2)c1. The Morgan fingerprint density at radius 3 is 2.59 bits per heavy atom. The Morgan fingerprint density at radius 1 is 1.21 bits per heavy atom. The van der Waals surface area contributed by atoms with E-state index in [1.165, 1.54) is 25.3 Å². The summed E-state index contributed by atoms with van der Waals surface area (Å²) in [4.78, 5) is 26.8. The number of piperidine rings is 1. The van der Waals surface area contributed by atoms with Gasteiger partial charge >= 0.3 is 0 Å². The van der Waals surface area contributed by atoms with Crippen molar-refractivity contribution in [2.75, 3.05) is 20.2 Å². The lowest BCUT2D eigenvalue weighted by Crippen LogP contribution is -2.43. The van der Waals surface area contributed by atoms with Gasteiger partial charge in [0.15, 0.2) is 0 Å². The molecule has 0 aliphatic carbocycles. The number of phenolic OH excluding ortho intramolecular Hbond substituents is 1. The third-order valence-corrected chi connectivity index (χ3v) is 5.29. The number of amides is 2. The standard InChI is InChI=1S/C22H25FN2O4/c1-14-3-4-15(11-19(14)23)13-24-21(27)16-7-9-25(10-8-16)22(28)18-12-17(29-2)5-6-20(18)26/h3-6,11-12,16,26H,7-10,13H2,1-2H3,(H,24,27). The fourth-order valence-electron chi connectivity index (χ4n) is 3.41. The number of benzene rings is 2. The Kier molecular flexibility index (Phi) is 6.36. The van der Waals surface area contributed by atoms with Gasteiger partial charge in [0.25, 0.3) is 5.91 Å². The van der Waals surface area contributed by atoms with Crippen LogP contribution in [0.2, 0.25) is 0 Å². The van der Waals surface area contributed by atoms with Crippen LogP contribution in [0.1, 0.15) is 34.3 Å². The number of aryl methyl sites for hydroxylation is 1. The second-order valence-corrected chi connectivity index (χ2v) is 7.25. The van der Waals surface area contributed by atoms with Crippen molar-refractivity contribution < 1.29 is 23.8 Å². The second-order valence-electron chi connectivity index (χ2n) is 7.25. The van der Waals surface area contributed by atoms with Gasteiger partial charge in [0.05, 0.1) is 12.7 Å². The maximum Gasteiger partial charge on any atom is 0.257 e.